The van der Waals surface area contributed by atoms with E-state index in [9.17, 15) is 9.59 Å². The molecule has 0 bridgehead atoms. The van der Waals surface area contributed by atoms with Crippen molar-refractivity contribution in [1.29, 1.82) is 0 Å². The lowest BCUT2D eigenvalue weighted by Gasteiger charge is -2.14. The smallest absolute Gasteiger partial charge is 0.349 e. The van der Waals surface area contributed by atoms with Crippen LogP contribution in [0.3, 0.4) is 0 Å². The first-order valence-electron chi connectivity index (χ1n) is 9.30. The van der Waals surface area contributed by atoms with E-state index < -0.39 is 12.1 Å². The van der Waals surface area contributed by atoms with E-state index in [0.29, 0.717) is 17.2 Å². The zero-order valence-electron chi connectivity index (χ0n) is 15.7. The van der Waals surface area contributed by atoms with Crippen LogP contribution in [0.25, 0.3) is 0 Å². The van der Waals surface area contributed by atoms with Gasteiger partial charge in [-0.1, -0.05) is 24.6 Å². The number of rotatable bonds is 6. The highest BCUT2D eigenvalue weighted by molar-refractivity contribution is 7.14. The molecule has 6 heteroatoms. The molecule has 1 aromatic heterocycles. The maximum absolute atomic E-state index is 12.4. The maximum Gasteiger partial charge on any atom is 0.349 e. The Morgan fingerprint density at radius 1 is 1.19 bits per heavy atom. The molecule has 1 aliphatic rings. The molecule has 3 rings (SSSR count). The molecule has 1 amide bonds. The topological polar surface area (TPSA) is 64.6 Å². The lowest BCUT2D eigenvalue weighted by Crippen LogP contribution is -2.35. The van der Waals surface area contributed by atoms with Gasteiger partial charge in [-0.3, -0.25) is 4.79 Å². The molecule has 0 spiro atoms. The number of methoxy groups -OCH3 is 1. The maximum atomic E-state index is 12.4. The molecule has 0 saturated carbocycles. The summed E-state index contributed by atoms with van der Waals surface area (Å²) in [6.07, 6.45) is 4.78. The number of carbonyl (C=O) groups excluding carboxylic acids is 2. The summed E-state index contributed by atoms with van der Waals surface area (Å²) in [5, 5.41) is 2.79. The first-order valence-corrected chi connectivity index (χ1v) is 10.1. The number of hydrogen-bond acceptors (Lipinski definition) is 5. The van der Waals surface area contributed by atoms with Crippen molar-refractivity contribution in [3.05, 3.63) is 51.2 Å². The highest BCUT2D eigenvalue weighted by Crippen LogP contribution is 2.29. The van der Waals surface area contributed by atoms with Crippen LogP contribution < -0.4 is 10.1 Å². The van der Waals surface area contributed by atoms with E-state index in [-0.39, 0.29) is 5.91 Å². The fourth-order valence-electron chi connectivity index (χ4n) is 3.22. The van der Waals surface area contributed by atoms with Gasteiger partial charge in [-0.25, -0.2) is 4.79 Å². The monoisotopic (exact) mass is 387 g/mol. The molecule has 2 aromatic rings. The molecule has 1 N–H and O–H groups in total. The van der Waals surface area contributed by atoms with Gasteiger partial charge in [0.1, 0.15) is 10.6 Å². The highest BCUT2D eigenvalue weighted by atomic mass is 32.1. The van der Waals surface area contributed by atoms with E-state index in [1.54, 1.807) is 14.0 Å². The van der Waals surface area contributed by atoms with Crippen LogP contribution in [0.4, 0.5) is 0 Å². The minimum absolute atomic E-state index is 0.317. The van der Waals surface area contributed by atoms with Crippen LogP contribution in [0.1, 0.15) is 51.9 Å². The molecular formula is C21H25NO4S. The number of amides is 1. The Morgan fingerprint density at radius 3 is 2.78 bits per heavy atom. The summed E-state index contributed by atoms with van der Waals surface area (Å²) in [7, 11) is 1.59. The minimum Gasteiger partial charge on any atom is -0.496 e. The lowest BCUT2D eigenvalue weighted by atomic mass is 10.1. The van der Waals surface area contributed by atoms with Crippen LogP contribution in [0.15, 0.2) is 30.3 Å². The predicted molar refractivity (Wildman–Crippen MR) is 105 cm³/mol. The van der Waals surface area contributed by atoms with Gasteiger partial charge in [0.15, 0.2) is 6.10 Å². The summed E-state index contributed by atoms with van der Waals surface area (Å²) in [6.45, 7) is 1.91. The summed E-state index contributed by atoms with van der Waals surface area (Å²) < 4.78 is 10.7. The van der Waals surface area contributed by atoms with Gasteiger partial charge in [-0.15, -0.1) is 11.3 Å². The third-order valence-electron chi connectivity index (χ3n) is 4.75. The standard InChI is InChI=1S/C21H25NO4S/c1-14(20(23)22-13-16-9-6-7-10-17(16)25-2)26-21(24)19-12-15-8-4-3-5-11-18(15)27-19/h6-7,9-10,12,14H,3-5,8,11,13H2,1-2H3,(H,22,23)/t14-/m1/s1. The van der Waals surface area contributed by atoms with Gasteiger partial charge in [0.05, 0.1) is 7.11 Å². The van der Waals surface area contributed by atoms with Crippen molar-refractivity contribution >= 4 is 23.2 Å². The van der Waals surface area contributed by atoms with Crippen molar-refractivity contribution < 1.29 is 19.1 Å². The van der Waals surface area contributed by atoms with Gasteiger partial charge >= 0.3 is 5.97 Å². The third kappa shape index (κ3) is 4.89. The largest absolute Gasteiger partial charge is 0.496 e. The average molecular weight is 388 g/mol. The zero-order chi connectivity index (χ0) is 19.2. The first-order chi connectivity index (χ1) is 13.1. The zero-order valence-corrected chi connectivity index (χ0v) is 16.6. The molecule has 144 valence electrons. The molecule has 5 nitrogen and oxygen atoms in total. The first kappa shape index (κ1) is 19.4. The van der Waals surface area contributed by atoms with Gasteiger partial charge in [0.25, 0.3) is 5.91 Å². The van der Waals surface area contributed by atoms with Crippen LogP contribution >= 0.6 is 11.3 Å². The number of fused-ring (bicyclic) bond motifs is 1. The van der Waals surface area contributed by atoms with Crippen LogP contribution in [-0.4, -0.2) is 25.1 Å². The van der Waals surface area contributed by atoms with Crippen LogP contribution in [0.5, 0.6) is 5.75 Å². The molecule has 1 aliphatic carbocycles. The molecule has 0 radical (unpaired) electrons. The number of benzene rings is 1. The quantitative estimate of drug-likeness (QED) is 0.603. The summed E-state index contributed by atoms with van der Waals surface area (Å²) >= 11 is 1.50. The van der Waals surface area contributed by atoms with E-state index in [1.807, 2.05) is 30.3 Å². The number of aryl methyl sites for hydroxylation is 2. The van der Waals surface area contributed by atoms with Crippen molar-refractivity contribution in [1.82, 2.24) is 5.32 Å². The van der Waals surface area contributed by atoms with E-state index in [1.165, 1.54) is 41.0 Å². The van der Waals surface area contributed by atoms with Gasteiger partial charge in [0.2, 0.25) is 0 Å². The second-order valence-corrected chi connectivity index (χ2v) is 7.83. The molecule has 0 fully saturated rings. The Bertz CT molecular complexity index is 791. The van der Waals surface area contributed by atoms with E-state index in [2.05, 4.69) is 5.32 Å². The fourth-order valence-corrected chi connectivity index (χ4v) is 4.35. The normalized spacial score (nSPS) is 14.6. The van der Waals surface area contributed by atoms with E-state index in [4.69, 9.17) is 9.47 Å². The number of para-hydroxylation sites is 1. The summed E-state index contributed by atoms with van der Waals surface area (Å²) in [6, 6.07) is 9.42. The second-order valence-electron chi connectivity index (χ2n) is 6.70. The van der Waals surface area contributed by atoms with Crippen LogP contribution in [0, 0.1) is 0 Å². The van der Waals surface area contributed by atoms with Crippen molar-refractivity contribution in [3.63, 3.8) is 0 Å². The number of thiophene rings is 1. The van der Waals surface area contributed by atoms with Crippen molar-refractivity contribution in [2.45, 2.75) is 51.7 Å². The third-order valence-corrected chi connectivity index (χ3v) is 5.96. The summed E-state index contributed by atoms with van der Waals surface area (Å²) in [5.41, 5.74) is 2.13. The number of nitrogens with one attached hydrogen (secondary N) is 1. The Labute approximate surface area is 163 Å². The predicted octanol–water partition coefficient (Wildman–Crippen LogP) is 3.89. The molecule has 1 heterocycles. The average Bonchev–Trinajstić information content (AvgIpc) is 2.97. The molecule has 27 heavy (non-hydrogen) atoms. The highest BCUT2D eigenvalue weighted by Gasteiger charge is 2.22. The Balaban J connectivity index is 1.55. The number of carbonyl (C=O) groups is 2. The van der Waals surface area contributed by atoms with E-state index >= 15 is 0 Å². The molecule has 0 saturated heterocycles. The Kier molecular flexibility index (Phi) is 6.50. The fraction of sp³-hybridized carbons (Fsp3) is 0.429. The number of hydrogen-bond donors (Lipinski definition) is 1. The second kappa shape index (κ2) is 9.04. The van der Waals surface area contributed by atoms with Gasteiger partial charge < -0.3 is 14.8 Å². The van der Waals surface area contributed by atoms with Gasteiger partial charge in [0, 0.05) is 17.0 Å². The summed E-state index contributed by atoms with van der Waals surface area (Å²) in [5.74, 6) is -0.0390. The molecule has 0 unspecified atom stereocenters. The van der Waals surface area contributed by atoms with Crippen LogP contribution in [0.2, 0.25) is 0 Å². The van der Waals surface area contributed by atoms with Gasteiger partial charge in [-0.2, -0.15) is 0 Å². The number of esters is 1. The Hall–Kier alpha value is -2.34. The molecular weight excluding hydrogens is 362 g/mol. The number of ether oxygens (including phenoxy) is 2. The summed E-state index contributed by atoms with van der Waals surface area (Å²) in [4.78, 5) is 26.6. The van der Waals surface area contributed by atoms with Crippen molar-refractivity contribution in [2.75, 3.05) is 7.11 Å². The SMILES string of the molecule is COc1ccccc1CNC(=O)[C@@H](C)OC(=O)c1cc2c(s1)CCCCC2. The molecule has 1 atom stereocenters. The molecule has 1 aromatic carbocycles. The lowest BCUT2D eigenvalue weighted by molar-refractivity contribution is -0.129. The van der Waals surface area contributed by atoms with Crippen molar-refractivity contribution in [3.8, 4) is 5.75 Å². The van der Waals surface area contributed by atoms with Crippen LogP contribution in [-0.2, 0) is 28.9 Å². The van der Waals surface area contributed by atoms with Crippen molar-refractivity contribution in [2.24, 2.45) is 0 Å². The minimum atomic E-state index is -0.853. The molecule has 0 aliphatic heterocycles. The van der Waals surface area contributed by atoms with E-state index in [0.717, 1.165) is 18.4 Å². The Morgan fingerprint density at radius 2 is 1.96 bits per heavy atom. The van der Waals surface area contributed by atoms with Gasteiger partial charge in [-0.05, 0) is 50.3 Å².